The van der Waals surface area contributed by atoms with Crippen LogP contribution in [0.2, 0.25) is 0 Å². The summed E-state index contributed by atoms with van der Waals surface area (Å²) in [6.07, 6.45) is -0.178. The Morgan fingerprint density at radius 2 is 1.88 bits per heavy atom. The van der Waals surface area contributed by atoms with Gasteiger partial charge in [0, 0.05) is 24.6 Å². The number of nitrogens with one attached hydrogen (secondary N) is 1. The third-order valence-corrected chi connectivity index (χ3v) is 4.21. The first kappa shape index (κ1) is 19.2. The molecule has 1 aliphatic heterocycles. The summed E-state index contributed by atoms with van der Waals surface area (Å²) in [5.41, 5.74) is 1.20. The van der Waals surface area contributed by atoms with Crippen molar-refractivity contribution in [2.45, 2.75) is 45.8 Å². The van der Waals surface area contributed by atoms with Crippen LogP contribution in [0, 0.1) is 5.92 Å². The third-order valence-electron chi connectivity index (χ3n) is 4.21. The molecule has 0 unspecified atom stereocenters. The summed E-state index contributed by atoms with van der Waals surface area (Å²) in [7, 11) is 0. The van der Waals surface area contributed by atoms with Gasteiger partial charge in [-0.2, -0.15) is 0 Å². The van der Waals surface area contributed by atoms with E-state index < -0.39 is 17.8 Å². The number of carbonyl (C=O) groups excluding carboxylic acids is 2. The molecule has 25 heavy (non-hydrogen) atoms. The van der Waals surface area contributed by atoms with E-state index in [0.717, 1.165) is 6.42 Å². The molecule has 6 heteroatoms. The van der Waals surface area contributed by atoms with Crippen LogP contribution in [0.4, 0.5) is 4.79 Å². The highest BCUT2D eigenvalue weighted by atomic mass is 16.6. The van der Waals surface area contributed by atoms with Crippen LogP contribution in [0.5, 0.6) is 0 Å². The number of ether oxygens (including phenoxy) is 1. The second-order valence-electron chi connectivity index (χ2n) is 7.47. The molecular formula is C19H28N2O4. The molecule has 2 rings (SSSR count). The van der Waals surface area contributed by atoms with Crippen molar-refractivity contribution in [2.24, 2.45) is 5.92 Å². The highest BCUT2D eigenvalue weighted by molar-refractivity contribution is 5.94. The zero-order valence-corrected chi connectivity index (χ0v) is 15.4. The maximum absolute atomic E-state index is 12.2. The molecule has 0 bridgehead atoms. The van der Waals surface area contributed by atoms with Crippen molar-refractivity contribution in [3.8, 4) is 0 Å². The molecule has 0 spiro atoms. The maximum atomic E-state index is 12.2. The number of carbonyl (C=O) groups is 2. The number of aliphatic hydroxyl groups is 1. The van der Waals surface area contributed by atoms with Crippen molar-refractivity contribution in [1.82, 2.24) is 10.2 Å². The minimum absolute atomic E-state index is 0.175. The summed E-state index contributed by atoms with van der Waals surface area (Å²) >= 11 is 0. The SMILES string of the molecule is CCc1ccc(C(=O)NC[C@@H]2CN(C(=O)OC(C)(C)C)C[C@@H]2O)cc1. The molecule has 0 saturated carbocycles. The van der Waals surface area contributed by atoms with Crippen molar-refractivity contribution in [3.05, 3.63) is 35.4 Å². The molecule has 1 aliphatic rings. The smallest absolute Gasteiger partial charge is 0.410 e. The predicted molar refractivity (Wildman–Crippen MR) is 95.5 cm³/mol. The molecule has 2 N–H and O–H groups in total. The van der Waals surface area contributed by atoms with Crippen molar-refractivity contribution >= 4 is 12.0 Å². The molecule has 2 atom stereocenters. The van der Waals surface area contributed by atoms with Gasteiger partial charge in [0.1, 0.15) is 5.60 Å². The monoisotopic (exact) mass is 348 g/mol. The highest BCUT2D eigenvalue weighted by Crippen LogP contribution is 2.19. The number of aryl methyl sites for hydroxylation is 1. The summed E-state index contributed by atoms with van der Waals surface area (Å²) in [5.74, 6) is -0.378. The van der Waals surface area contributed by atoms with E-state index >= 15 is 0 Å². The Bertz CT molecular complexity index is 607. The summed E-state index contributed by atoms with van der Waals surface area (Å²) in [5, 5.41) is 13.0. The normalized spacial score (nSPS) is 20.4. The molecule has 1 aromatic rings. The molecule has 1 fully saturated rings. The van der Waals surface area contributed by atoms with Gasteiger partial charge in [0.2, 0.25) is 0 Å². The molecule has 1 heterocycles. The topological polar surface area (TPSA) is 78.9 Å². The number of hydrogen-bond acceptors (Lipinski definition) is 4. The number of nitrogens with zero attached hydrogens (tertiary/aromatic N) is 1. The maximum Gasteiger partial charge on any atom is 0.410 e. The fourth-order valence-electron chi connectivity index (χ4n) is 2.75. The molecular weight excluding hydrogens is 320 g/mol. The molecule has 0 aromatic heterocycles. The Balaban J connectivity index is 1.86. The number of hydrogen-bond donors (Lipinski definition) is 2. The Hall–Kier alpha value is -2.08. The van der Waals surface area contributed by atoms with E-state index in [9.17, 15) is 14.7 Å². The van der Waals surface area contributed by atoms with Gasteiger partial charge < -0.3 is 20.1 Å². The van der Waals surface area contributed by atoms with Gasteiger partial charge in [-0.1, -0.05) is 19.1 Å². The number of rotatable bonds is 4. The molecule has 138 valence electrons. The predicted octanol–water partition coefficient (Wildman–Crippen LogP) is 2.21. The van der Waals surface area contributed by atoms with Gasteiger partial charge in [-0.25, -0.2) is 4.79 Å². The third kappa shape index (κ3) is 5.46. The lowest BCUT2D eigenvalue weighted by Gasteiger charge is -2.24. The molecule has 1 saturated heterocycles. The summed E-state index contributed by atoms with van der Waals surface area (Å²) in [4.78, 5) is 25.8. The van der Waals surface area contributed by atoms with Crippen LogP contribution in [0.1, 0.15) is 43.6 Å². The fraction of sp³-hybridized carbons (Fsp3) is 0.579. The Kier molecular flexibility index (Phi) is 6.06. The Morgan fingerprint density at radius 1 is 1.24 bits per heavy atom. The number of amides is 2. The average molecular weight is 348 g/mol. The highest BCUT2D eigenvalue weighted by Gasteiger charge is 2.36. The first-order valence-corrected chi connectivity index (χ1v) is 8.72. The van der Waals surface area contributed by atoms with Gasteiger partial charge in [0.15, 0.2) is 0 Å². The van der Waals surface area contributed by atoms with Crippen LogP contribution >= 0.6 is 0 Å². The standard InChI is InChI=1S/C19H28N2O4/c1-5-13-6-8-14(9-7-13)17(23)20-10-15-11-21(12-16(15)22)18(24)25-19(2,3)4/h6-9,15-16,22H,5,10-12H2,1-4H3,(H,20,23)/t15-,16+/m1/s1. The molecule has 2 amide bonds. The van der Waals surface area contributed by atoms with Crippen LogP contribution < -0.4 is 5.32 Å². The summed E-state index contributed by atoms with van der Waals surface area (Å²) < 4.78 is 5.32. The number of aliphatic hydroxyl groups excluding tert-OH is 1. The van der Waals surface area contributed by atoms with Crippen molar-refractivity contribution in [2.75, 3.05) is 19.6 Å². The van der Waals surface area contributed by atoms with E-state index in [-0.39, 0.29) is 18.4 Å². The lowest BCUT2D eigenvalue weighted by atomic mass is 10.1. The second-order valence-corrected chi connectivity index (χ2v) is 7.47. The van der Waals surface area contributed by atoms with Gasteiger partial charge in [0.05, 0.1) is 12.6 Å². The van der Waals surface area contributed by atoms with Crippen LogP contribution in [0.15, 0.2) is 24.3 Å². The van der Waals surface area contributed by atoms with E-state index in [4.69, 9.17) is 4.74 Å². The van der Waals surface area contributed by atoms with E-state index in [1.165, 1.54) is 10.5 Å². The van der Waals surface area contributed by atoms with Gasteiger partial charge in [-0.05, 0) is 44.9 Å². The molecule has 6 nitrogen and oxygen atoms in total. The van der Waals surface area contributed by atoms with Gasteiger partial charge in [0.25, 0.3) is 5.91 Å². The average Bonchev–Trinajstić information content (AvgIpc) is 2.92. The summed E-state index contributed by atoms with van der Waals surface area (Å²) in [6.45, 7) is 8.38. The van der Waals surface area contributed by atoms with Crippen LogP contribution in [0.3, 0.4) is 0 Å². The Morgan fingerprint density at radius 3 is 2.44 bits per heavy atom. The summed E-state index contributed by atoms with van der Waals surface area (Å²) in [6, 6.07) is 7.46. The first-order chi connectivity index (χ1) is 11.7. The molecule has 0 radical (unpaired) electrons. The van der Waals surface area contributed by atoms with Gasteiger partial charge in [-0.3, -0.25) is 4.79 Å². The number of likely N-dealkylation sites (tertiary alicyclic amines) is 1. The van der Waals surface area contributed by atoms with E-state index in [0.29, 0.717) is 18.7 Å². The van der Waals surface area contributed by atoms with E-state index in [1.54, 1.807) is 32.9 Å². The van der Waals surface area contributed by atoms with E-state index in [2.05, 4.69) is 12.2 Å². The van der Waals surface area contributed by atoms with Gasteiger partial charge >= 0.3 is 6.09 Å². The fourth-order valence-corrected chi connectivity index (χ4v) is 2.75. The number of β-amino-alcohol motifs (C(OH)–C–C–N with tert-alkyl or cyclic N) is 1. The van der Waals surface area contributed by atoms with Gasteiger partial charge in [-0.15, -0.1) is 0 Å². The van der Waals surface area contributed by atoms with Crippen LogP contribution in [-0.2, 0) is 11.2 Å². The Labute approximate surface area is 149 Å². The first-order valence-electron chi connectivity index (χ1n) is 8.72. The number of benzene rings is 1. The zero-order chi connectivity index (χ0) is 18.6. The lowest BCUT2D eigenvalue weighted by Crippen LogP contribution is -2.36. The lowest BCUT2D eigenvalue weighted by molar-refractivity contribution is 0.0269. The van der Waals surface area contributed by atoms with Crippen molar-refractivity contribution < 1.29 is 19.4 Å². The van der Waals surface area contributed by atoms with Crippen molar-refractivity contribution in [1.29, 1.82) is 0 Å². The second kappa shape index (κ2) is 7.87. The largest absolute Gasteiger partial charge is 0.444 e. The van der Waals surface area contributed by atoms with Crippen molar-refractivity contribution in [3.63, 3.8) is 0 Å². The quantitative estimate of drug-likeness (QED) is 0.874. The van der Waals surface area contributed by atoms with E-state index in [1.807, 2.05) is 12.1 Å². The van der Waals surface area contributed by atoms with Crippen LogP contribution in [0.25, 0.3) is 0 Å². The minimum atomic E-state index is -0.671. The van der Waals surface area contributed by atoms with Crippen LogP contribution in [-0.4, -0.2) is 53.3 Å². The molecule has 1 aromatic carbocycles. The zero-order valence-electron chi connectivity index (χ0n) is 15.4. The molecule has 0 aliphatic carbocycles. The minimum Gasteiger partial charge on any atom is -0.444 e.